The molecule has 15 nitrogen and oxygen atoms in total. The van der Waals surface area contributed by atoms with E-state index >= 15 is 0 Å². The van der Waals surface area contributed by atoms with E-state index in [4.69, 9.17) is 9.47 Å². The molecule has 0 unspecified atom stereocenters. The van der Waals surface area contributed by atoms with Crippen molar-refractivity contribution in [3.8, 4) is 102 Å². The molecule has 0 fully saturated rings. The average molecular weight is 1190 g/mol. The second-order valence-electron chi connectivity index (χ2n) is 20.1. The second kappa shape index (κ2) is 21.0. The normalized spacial score (nSPS) is 13.8. The van der Waals surface area contributed by atoms with Crippen LogP contribution in [0, 0.1) is 127 Å². The van der Waals surface area contributed by atoms with Gasteiger partial charge in [-0.1, -0.05) is 59.7 Å². The number of fused-ring (bicyclic) bond motifs is 7. The van der Waals surface area contributed by atoms with E-state index in [1.165, 1.54) is 96.0 Å². The molecule has 3 aliphatic rings. The molecule has 4 aromatic carbocycles. The third-order valence-corrected chi connectivity index (χ3v) is 20.7. The summed E-state index contributed by atoms with van der Waals surface area (Å²) in [6.07, 6.45) is 2.92. The molecule has 9 aromatic rings. The quantitative estimate of drug-likeness (QED) is 0.101. The van der Waals surface area contributed by atoms with E-state index in [0.29, 0.717) is 19.5 Å². The van der Waals surface area contributed by atoms with Gasteiger partial charge >= 0.3 is 0 Å². The van der Waals surface area contributed by atoms with Gasteiger partial charge in [0.25, 0.3) is 0 Å². The maximum Gasteiger partial charge on any atom is 0.194 e. The Morgan fingerprint density at radius 3 is 1.29 bits per heavy atom. The number of methoxy groups -OCH3 is 2. The van der Waals surface area contributed by atoms with Crippen molar-refractivity contribution in [1.82, 2.24) is 4.57 Å². The van der Waals surface area contributed by atoms with Crippen LogP contribution in [0.5, 0.6) is 11.5 Å². The third-order valence-electron chi connectivity index (χ3n) is 15.8. The van der Waals surface area contributed by atoms with Crippen molar-refractivity contribution in [2.24, 2.45) is 7.05 Å². The van der Waals surface area contributed by atoms with E-state index in [0.717, 1.165) is 63.9 Å². The first kappa shape index (κ1) is 55.5. The number of aromatic nitrogens is 1. The van der Waals surface area contributed by atoms with Crippen LogP contribution in [0.1, 0.15) is 108 Å². The number of nitrogens with zero attached hydrogens (tertiary/aromatic N) is 11. The number of carbonyl (C=O) groups excluding carboxylic acids is 2. The summed E-state index contributed by atoms with van der Waals surface area (Å²) in [5.74, 6) is -0.729. The largest absolute Gasteiger partial charge is 0.494 e. The minimum atomic E-state index is -1.00. The number of allylic oxidation sites excluding steroid dienone is 6. The number of hydrogen-bond acceptors (Lipinski definition) is 18. The number of nitriles is 10. The van der Waals surface area contributed by atoms with Gasteiger partial charge in [-0.3, -0.25) is 9.59 Å². The van der Waals surface area contributed by atoms with E-state index in [9.17, 15) is 62.2 Å². The van der Waals surface area contributed by atoms with Gasteiger partial charge in [-0.05, 0) is 90.2 Å². The Morgan fingerprint density at radius 2 is 0.908 bits per heavy atom. The van der Waals surface area contributed by atoms with E-state index in [1.54, 1.807) is 0 Å². The van der Waals surface area contributed by atoms with Crippen LogP contribution in [0.15, 0.2) is 107 Å². The lowest BCUT2D eigenvalue weighted by Gasteiger charge is -2.33. The molecule has 406 valence electrons. The smallest absolute Gasteiger partial charge is 0.194 e. The molecule has 0 N–H and O–H groups in total. The van der Waals surface area contributed by atoms with Gasteiger partial charge in [0.2, 0.25) is 0 Å². The molecule has 12 rings (SSSR count). The Hall–Kier alpha value is -12.0. The predicted octanol–water partition coefficient (Wildman–Crippen LogP) is 14.1. The standard InChI is InChI=1S/C68H31N11O4S4/c1-32-6-10-40(11-7-32)68(41-12-8-33(2)9-13-41)50-20-54(66-62(82-4)48(30-77)52(84-66)18-46-56(38(26-73)27-74)42-14-34(22-69)36(24-71)16-44(42)60(46)80)86-64(50)59-58(68)65-51(79(59)3)21-55(87-65)67-63(83-5)49(31-78)53(85-67)19-47-57(39(28-75)29-76)43-15-35(23-70)37(25-72)17-45(43)61(47)81/h6-21H,1-5H3/b46-18-,47-19-. The first-order valence-electron chi connectivity index (χ1n) is 25.9. The Kier molecular flexibility index (Phi) is 13.4. The Labute approximate surface area is 512 Å². The van der Waals surface area contributed by atoms with E-state index in [1.807, 2.05) is 75.5 Å². The molecule has 0 amide bonds. The SMILES string of the molecule is COc1c(-c2cc3c(s2)-c2c(c4sc(-c5sc(/C=C6\C(=O)c7cc(C#N)c(C#N)cc7C6=C(C#N)C#N)c(C#N)c5OC)cc4n2C)C3(c2ccc(C)cc2)c2ccc(C)cc2)sc(/C=C2\C(=O)c3cc(C#N)c(C#N)cc3C2=C(C#N)C#N)c1C#N. The number of benzene rings is 4. The summed E-state index contributed by atoms with van der Waals surface area (Å²) in [6.45, 7) is 4.04. The summed E-state index contributed by atoms with van der Waals surface area (Å²) >= 11 is 5.37. The summed E-state index contributed by atoms with van der Waals surface area (Å²) in [5, 5.41) is 102. The number of rotatable bonds is 8. The molecule has 0 atom stereocenters. The zero-order valence-corrected chi connectivity index (χ0v) is 49.2. The lowest BCUT2D eigenvalue weighted by molar-refractivity contribution is 0.103. The highest BCUT2D eigenvalue weighted by molar-refractivity contribution is 7.27. The molecular weight excluding hydrogens is 1160 g/mol. The highest BCUT2D eigenvalue weighted by atomic mass is 32.1. The lowest BCUT2D eigenvalue weighted by atomic mass is 9.68. The zero-order chi connectivity index (χ0) is 61.5. The zero-order valence-electron chi connectivity index (χ0n) is 45.9. The monoisotopic (exact) mass is 1190 g/mol. The predicted molar refractivity (Wildman–Crippen MR) is 327 cm³/mol. The molecule has 5 aromatic heterocycles. The highest BCUT2D eigenvalue weighted by Crippen LogP contribution is 2.65. The Morgan fingerprint density at radius 1 is 0.506 bits per heavy atom. The van der Waals surface area contributed by atoms with Gasteiger partial charge in [0.1, 0.15) is 83.0 Å². The van der Waals surface area contributed by atoms with Crippen LogP contribution < -0.4 is 9.47 Å². The van der Waals surface area contributed by atoms with Crippen molar-refractivity contribution >= 4 is 90.4 Å². The third kappa shape index (κ3) is 7.93. The number of Topliss-reactive ketones (excluding diaryl/α,β-unsaturated/α-hetero) is 2. The summed E-state index contributed by atoms with van der Waals surface area (Å²) in [5.41, 5.74) is 6.05. The van der Waals surface area contributed by atoms with Gasteiger partial charge in [0, 0.05) is 50.9 Å². The van der Waals surface area contributed by atoms with Gasteiger partial charge in [-0.15, -0.1) is 45.3 Å². The van der Waals surface area contributed by atoms with Gasteiger partial charge in [-0.25, -0.2) is 0 Å². The van der Waals surface area contributed by atoms with Crippen LogP contribution in [0.4, 0.5) is 0 Å². The molecule has 87 heavy (non-hydrogen) atoms. The van der Waals surface area contributed by atoms with Gasteiger partial charge < -0.3 is 14.0 Å². The van der Waals surface area contributed by atoms with Crippen molar-refractivity contribution in [3.05, 3.63) is 206 Å². The Balaban J connectivity index is 1.07. The van der Waals surface area contributed by atoms with Crippen LogP contribution in [-0.2, 0) is 12.5 Å². The minimum Gasteiger partial charge on any atom is -0.494 e. The number of ether oxygens (including phenoxy) is 2. The van der Waals surface area contributed by atoms with Gasteiger partial charge in [-0.2, -0.15) is 52.6 Å². The fourth-order valence-electron chi connectivity index (χ4n) is 11.9. The van der Waals surface area contributed by atoms with E-state index < -0.39 is 28.1 Å². The number of hydrogen-bond donors (Lipinski definition) is 0. The van der Waals surface area contributed by atoms with Crippen molar-refractivity contribution in [2.45, 2.75) is 19.3 Å². The lowest BCUT2D eigenvalue weighted by Crippen LogP contribution is -2.28. The molecule has 0 aliphatic heterocycles. The summed E-state index contributed by atoms with van der Waals surface area (Å²) in [6, 6.07) is 46.0. The average Bonchev–Trinajstić information content (AvgIpc) is 1.52. The molecular formula is C68H31N11O4S4. The van der Waals surface area contributed by atoms with Crippen molar-refractivity contribution in [1.29, 1.82) is 52.6 Å². The minimum absolute atomic E-state index is 0.0190. The molecule has 3 aliphatic carbocycles. The Bertz CT molecular complexity index is 5250. The van der Waals surface area contributed by atoms with Crippen LogP contribution in [0.25, 0.3) is 63.6 Å². The number of ketones is 2. The van der Waals surface area contributed by atoms with Gasteiger partial charge in [0.15, 0.2) is 23.1 Å². The second-order valence-corrected chi connectivity index (χ2v) is 24.3. The molecule has 0 spiro atoms. The first-order valence-corrected chi connectivity index (χ1v) is 29.2. The first-order chi connectivity index (χ1) is 42.2. The molecule has 0 radical (unpaired) electrons. The topological polar surface area (TPSA) is 295 Å². The molecule has 5 heterocycles. The van der Waals surface area contributed by atoms with Crippen LogP contribution in [0.2, 0.25) is 0 Å². The van der Waals surface area contributed by atoms with Gasteiger partial charge in [0.05, 0.1) is 87.1 Å². The maximum absolute atomic E-state index is 14.4. The van der Waals surface area contributed by atoms with E-state index in [-0.39, 0.29) is 89.4 Å². The number of thiophene rings is 4. The summed E-state index contributed by atoms with van der Waals surface area (Å²) in [4.78, 5) is 32.9. The fourth-order valence-corrected chi connectivity index (χ4v) is 17.0. The van der Waals surface area contributed by atoms with E-state index in [2.05, 4.69) is 71.3 Å². The van der Waals surface area contributed by atoms with Crippen molar-refractivity contribution < 1.29 is 19.1 Å². The molecule has 19 heteroatoms. The van der Waals surface area contributed by atoms with Crippen LogP contribution >= 0.6 is 45.3 Å². The fraction of sp³-hybridized carbons (Fsp3) is 0.0882. The van der Waals surface area contributed by atoms with Crippen molar-refractivity contribution in [2.75, 3.05) is 14.2 Å². The van der Waals surface area contributed by atoms with Crippen LogP contribution in [-0.4, -0.2) is 30.4 Å². The molecule has 0 saturated heterocycles. The van der Waals surface area contributed by atoms with Crippen LogP contribution in [0.3, 0.4) is 0 Å². The van der Waals surface area contributed by atoms with Crippen molar-refractivity contribution in [3.63, 3.8) is 0 Å². The number of aryl methyl sites for hydroxylation is 3. The highest BCUT2D eigenvalue weighted by Gasteiger charge is 2.52. The summed E-state index contributed by atoms with van der Waals surface area (Å²) in [7, 11) is 4.89. The summed E-state index contributed by atoms with van der Waals surface area (Å²) < 4.78 is 15.2. The molecule has 0 bridgehead atoms. The molecule has 0 saturated carbocycles. The maximum atomic E-state index is 14.4. The number of carbonyl (C=O) groups is 2.